The quantitative estimate of drug-likeness (QED) is 0.526. The smallest absolute Gasteiger partial charge is 0.325 e. The number of aromatic nitrogens is 3. The minimum Gasteiger partial charge on any atom is -0.465 e. The van der Waals surface area contributed by atoms with Crippen LogP contribution in [0, 0.1) is 13.8 Å². The van der Waals surface area contributed by atoms with E-state index in [1.165, 1.54) is 10.7 Å². The van der Waals surface area contributed by atoms with Gasteiger partial charge in [-0.05, 0) is 44.0 Å². The molecule has 3 aromatic rings. The van der Waals surface area contributed by atoms with Crippen LogP contribution < -0.4 is 16.0 Å². The zero-order chi connectivity index (χ0) is 21.0. The lowest BCUT2D eigenvalue weighted by molar-refractivity contribution is -0.141. The van der Waals surface area contributed by atoms with Crippen molar-refractivity contribution in [3.05, 3.63) is 47.2 Å². The van der Waals surface area contributed by atoms with E-state index in [0.29, 0.717) is 17.3 Å². The van der Waals surface area contributed by atoms with Gasteiger partial charge in [0.1, 0.15) is 23.7 Å². The molecule has 3 N–H and O–H groups in total. The monoisotopic (exact) mass is 396 g/mol. The Balaban J connectivity index is 1.92. The number of esters is 1. The number of nitrogens with one attached hydrogen (secondary N) is 3. The maximum Gasteiger partial charge on any atom is 0.325 e. The number of anilines is 3. The lowest BCUT2D eigenvalue weighted by Crippen LogP contribution is -2.30. The summed E-state index contributed by atoms with van der Waals surface area (Å²) >= 11 is 0. The van der Waals surface area contributed by atoms with Crippen LogP contribution in [0.4, 0.5) is 17.3 Å². The number of rotatable bonds is 7. The minimum atomic E-state index is -0.502. The number of nitrogens with zero attached hydrogens (tertiary/aromatic N) is 3. The molecule has 2 heterocycles. The van der Waals surface area contributed by atoms with E-state index >= 15 is 0 Å². The van der Waals surface area contributed by atoms with Gasteiger partial charge >= 0.3 is 5.97 Å². The molecule has 0 aliphatic carbocycles. The van der Waals surface area contributed by atoms with Crippen molar-refractivity contribution in [1.29, 1.82) is 0 Å². The first-order chi connectivity index (χ1) is 13.9. The predicted octanol–water partition coefficient (Wildman–Crippen LogP) is 2.42. The normalized spacial score (nSPS) is 10.6. The van der Waals surface area contributed by atoms with Crippen molar-refractivity contribution < 1.29 is 14.3 Å². The van der Waals surface area contributed by atoms with Gasteiger partial charge in [0.25, 0.3) is 5.91 Å². The minimum absolute atomic E-state index is 0.219. The molecule has 29 heavy (non-hydrogen) atoms. The zero-order valence-electron chi connectivity index (χ0n) is 16.9. The molecule has 9 heteroatoms. The molecule has 1 amide bonds. The van der Waals surface area contributed by atoms with Gasteiger partial charge in [-0.25, -0.2) is 4.98 Å². The van der Waals surface area contributed by atoms with Gasteiger partial charge in [-0.15, -0.1) is 0 Å². The summed E-state index contributed by atoms with van der Waals surface area (Å²) in [4.78, 5) is 28.6. The number of ether oxygens (including phenoxy) is 1. The summed E-state index contributed by atoms with van der Waals surface area (Å²) in [6, 6.07) is 7.92. The maximum absolute atomic E-state index is 12.5. The number of benzene rings is 1. The summed E-state index contributed by atoms with van der Waals surface area (Å²) in [7, 11) is 1.76. The summed E-state index contributed by atoms with van der Waals surface area (Å²) in [6.45, 7) is 5.79. The molecule has 0 spiro atoms. The zero-order valence-corrected chi connectivity index (χ0v) is 16.9. The molecular weight excluding hydrogens is 372 g/mol. The molecule has 0 aliphatic rings. The number of fused-ring (bicyclic) bond motifs is 1. The fraction of sp³-hybridized carbons (Fsp3) is 0.300. The number of amides is 1. The van der Waals surface area contributed by atoms with Crippen LogP contribution in [0.15, 0.2) is 30.5 Å². The summed E-state index contributed by atoms with van der Waals surface area (Å²) in [5.74, 6) is 0.266. The van der Waals surface area contributed by atoms with Crippen LogP contribution in [0.25, 0.3) is 5.65 Å². The second-order valence-electron chi connectivity index (χ2n) is 6.56. The van der Waals surface area contributed by atoms with Crippen molar-refractivity contribution in [3.63, 3.8) is 0 Å². The van der Waals surface area contributed by atoms with E-state index in [-0.39, 0.29) is 18.7 Å². The largest absolute Gasteiger partial charge is 0.465 e. The fourth-order valence-electron chi connectivity index (χ4n) is 3.02. The van der Waals surface area contributed by atoms with Gasteiger partial charge in [-0.3, -0.25) is 9.59 Å². The lowest BCUT2D eigenvalue weighted by Gasteiger charge is -2.11. The summed E-state index contributed by atoms with van der Waals surface area (Å²) in [5.41, 5.74) is 3.78. The van der Waals surface area contributed by atoms with Gasteiger partial charge in [0, 0.05) is 18.8 Å². The average molecular weight is 396 g/mol. The molecule has 152 valence electrons. The SMILES string of the molecule is CCOC(=O)CNC(=O)c1cnn2c(NC)cc(Nc3cc(C)cc(C)c3)nc12. The maximum atomic E-state index is 12.5. The number of carbonyl (C=O) groups excluding carboxylic acids is 2. The highest BCUT2D eigenvalue weighted by Crippen LogP contribution is 2.23. The van der Waals surface area contributed by atoms with E-state index < -0.39 is 11.9 Å². The number of hydrogen-bond acceptors (Lipinski definition) is 7. The van der Waals surface area contributed by atoms with E-state index in [1.807, 2.05) is 26.0 Å². The van der Waals surface area contributed by atoms with Gasteiger partial charge in [0.15, 0.2) is 5.65 Å². The Morgan fingerprint density at radius 2 is 1.86 bits per heavy atom. The van der Waals surface area contributed by atoms with Crippen LogP contribution in [-0.2, 0) is 9.53 Å². The lowest BCUT2D eigenvalue weighted by atomic mass is 10.1. The highest BCUT2D eigenvalue weighted by Gasteiger charge is 2.18. The first kappa shape index (κ1) is 20.1. The molecule has 0 saturated heterocycles. The Labute approximate surface area is 168 Å². The van der Waals surface area contributed by atoms with Crippen molar-refractivity contribution in [1.82, 2.24) is 19.9 Å². The third-order valence-electron chi connectivity index (χ3n) is 4.17. The van der Waals surface area contributed by atoms with Crippen molar-refractivity contribution in [2.45, 2.75) is 20.8 Å². The molecule has 0 unspecified atom stereocenters. The van der Waals surface area contributed by atoms with Crippen LogP contribution in [0.2, 0.25) is 0 Å². The Kier molecular flexibility index (Phi) is 5.96. The highest BCUT2D eigenvalue weighted by molar-refractivity contribution is 6.01. The van der Waals surface area contributed by atoms with E-state index in [9.17, 15) is 9.59 Å². The molecule has 1 aromatic carbocycles. The molecule has 3 rings (SSSR count). The van der Waals surface area contributed by atoms with Crippen LogP contribution in [0.3, 0.4) is 0 Å². The van der Waals surface area contributed by atoms with Gasteiger partial charge in [0.05, 0.1) is 12.8 Å². The van der Waals surface area contributed by atoms with Crippen LogP contribution in [0.1, 0.15) is 28.4 Å². The number of aryl methyl sites for hydroxylation is 2. The molecule has 0 saturated carbocycles. The molecule has 0 atom stereocenters. The third-order valence-corrected chi connectivity index (χ3v) is 4.17. The molecular formula is C20H24N6O3. The van der Waals surface area contributed by atoms with E-state index in [0.717, 1.165) is 16.8 Å². The topological polar surface area (TPSA) is 110 Å². The molecule has 0 radical (unpaired) electrons. The fourth-order valence-corrected chi connectivity index (χ4v) is 3.02. The standard InChI is InChI=1S/C20H24N6O3/c1-5-29-18(27)11-22-20(28)15-10-23-26-17(21-4)9-16(25-19(15)26)24-14-7-12(2)6-13(3)8-14/h6-10,21H,5,11H2,1-4H3,(H,22,28)(H,24,25). The Morgan fingerprint density at radius 3 is 2.52 bits per heavy atom. The first-order valence-corrected chi connectivity index (χ1v) is 9.27. The van der Waals surface area contributed by atoms with Crippen LogP contribution in [0.5, 0.6) is 0 Å². The first-order valence-electron chi connectivity index (χ1n) is 9.27. The van der Waals surface area contributed by atoms with Gasteiger partial charge in [0.2, 0.25) is 0 Å². The Morgan fingerprint density at radius 1 is 1.14 bits per heavy atom. The summed E-state index contributed by atoms with van der Waals surface area (Å²) in [6.07, 6.45) is 1.42. The van der Waals surface area contributed by atoms with Crippen molar-refractivity contribution in [2.75, 3.05) is 30.8 Å². The van der Waals surface area contributed by atoms with Crippen molar-refractivity contribution in [2.24, 2.45) is 0 Å². The van der Waals surface area contributed by atoms with E-state index in [1.54, 1.807) is 20.0 Å². The molecule has 0 aliphatic heterocycles. The molecule has 0 fully saturated rings. The molecule has 0 bridgehead atoms. The number of hydrogen-bond donors (Lipinski definition) is 3. The predicted molar refractivity (Wildman–Crippen MR) is 111 cm³/mol. The Hall–Kier alpha value is -3.62. The van der Waals surface area contributed by atoms with E-state index in [2.05, 4.69) is 32.1 Å². The van der Waals surface area contributed by atoms with Crippen molar-refractivity contribution in [3.8, 4) is 0 Å². The second kappa shape index (κ2) is 8.59. The molecule has 9 nitrogen and oxygen atoms in total. The summed E-state index contributed by atoms with van der Waals surface area (Å²) in [5, 5.41) is 13.1. The van der Waals surface area contributed by atoms with Crippen molar-refractivity contribution >= 4 is 34.8 Å². The second-order valence-corrected chi connectivity index (χ2v) is 6.56. The highest BCUT2D eigenvalue weighted by atomic mass is 16.5. The van der Waals surface area contributed by atoms with Gasteiger partial charge < -0.3 is 20.7 Å². The third kappa shape index (κ3) is 4.63. The van der Waals surface area contributed by atoms with Gasteiger partial charge in [-0.1, -0.05) is 6.07 Å². The van der Waals surface area contributed by atoms with E-state index in [4.69, 9.17) is 4.74 Å². The average Bonchev–Trinajstić information content (AvgIpc) is 3.09. The number of carbonyl (C=O) groups is 2. The van der Waals surface area contributed by atoms with Gasteiger partial charge in [-0.2, -0.15) is 9.61 Å². The van der Waals surface area contributed by atoms with Crippen LogP contribution >= 0.6 is 0 Å². The van der Waals surface area contributed by atoms with Crippen LogP contribution in [-0.4, -0.2) is 46.7 Å². The summed E-state index contributed by atoms with van der Waals surface area (Å²) < 4.78 is 6.36. The molecule has 2 aromatic heterocycles. The Bertz CT molecular complexity index is 1040.